The number of amides is 2. The Morgan fingerprint density at radius 1 is 0.882 bits per heavy atom. The van der Waals surface area contributed by atoms with E-state index in [2.05, 4.69) is 0 Å². The zero-order valence-electron chi connectivity index (χ0n) is 9.48. The normalized spacial score (nSPS) is 24.4. The number of ether oxygens (including phenoxy) is 2. The molecule has 0 heterocycles. The molecule has 1 fully saturated rings. The van der Waals surface area contributed by atoms with E-state index >= 15 is 0 Å². The summed E-state index contributed by atoms with van der Waals surface area (Å²) in [7, 11) is 0. The zero-order chi connectivity index (χ0) is 12.7. The molecule has 1 aliphatic rings. The van der Waals surface area contributed by atoms with Gasteiger partial charge < -0.3 is 9.47 Å². The summed E-state index contributed by atoms with van der Waals surface area (Å²) in [5.41, 5.74) is 3.76. The molecule has 1 rings (SSSR count). The molecule has 0 bridgehead atoms. The number of rotatable bonds is 2. The summed E-state index contributed by atoms with van der Waals surface area (Å²) in [5.74, 6) is 9.87. The van der Waals surface area contributed by atoms with Crippen molar-refractivity contribution in [1.82, 2.24) is 10.9 Å². The highest BCUT2D eigenvalue weighted by atomic mass is 16.6. The van der Waals surface area contributed by atoms with Gasteiger partial charge in [-0.05, 0) is 25.7 Å². The Morgan fingerprint density at radius 2 is 1.29 bits per heavy atom. The average molecular weight is 246 g/mol. The number of carbonyl (C=O) groups excluding carboxylic acids is 2. The van der Waals surface area contributed by atoms with Gasteiger partial charge in [-0.3, -0.25) is 10.9 Å². The first-order valence-corrected chi connectivity index (χ1v) is 5.52. The van der Waals surface area contributed by atoms with E-state index < -0.39 is 24.4 Å². The number of nitrogens with one attached hydrogen (secondary N) is 2. The van der Waals surface area contributed by atoms with Crippen molar-refractivity contribution < 1.29 is 19.1 Å². The Hall–Kier alpha value is -1.54. The summed E-state index contributed by atoms with van der Waals surface area (Å²) in [6, 6.07) is 0. The van der Waals surface area contributed by atoms with Crippen LogP contribution in [0.5, 0.6) is 0 Å². The first kappa shape index (κ1) is 13.5. The van der Waals surface area contributed by atoms with Gasteiger partial charge >= 0.3 is 12.2 Å². The van der Waals surface area contributed by atoms with Gasteiger partial charge in [0.25, 0.3) is 0 Å². The third kappa shape index (κ3) is 4.45. The minimum Gasteiger partial charge on any atom is -0.441 e. The minimum absolute atomic E-state index is 0.488. The van der Waals surface area contributed by atoms with Crippen LogP contribution in [0.3, 0.4) is 0 Å². The molecule has 2 atom stereocenters. The van der Waals surface area contributed by atoms with Gasteiger partial charge in [-0.2, -0.15) is 0 Å². The summed E-state index contributed by atoms with van der Waals surface area (Å²) in [6.07, 6.45) is 1.65. The number of carbonyl (C=O) groups is 2. The van der Waals surface area contributed by atoms with Crippen LogP contribution in [0.15, 0.2) is 0 Å². The molecule has 1 saturated carbocycles. The van der Waals surface area contributed by atoms with E-state index in [4.69, 9.17) is 21.2 Å². The monoisotopic (exact) mass is 246 g/mol. The Labute approximate surface area is 98.9 Å². The first-order chi connectivity index (χ1) is 8.17. The van der Waals surface area contributed by atoms with Crippen LogP contribution in [0.2, 0.25) is 0 Å². The van der Waals surface area contributed by atoms with Crippen LogP contribution in [0.25, 0.3) is 0 Å². The summed E-state index contributed by atoms with van der Waals surface area (Å²) in [6.45, 7) is 0. The second-order valence-corrected chi connectivity index (χ2v) is 3.81. The van der Waals surface area contributed by atoms with E-state index in [1.54, 1.807) is 0 Å². The van der Waals surface area contributed by atoms with Gasteiger partial charge in [0.2, 0.25) is 0 Å². The molecular formula is C9H18N4O4. The van der Waals surface area contributed by atoms with Crippen molar-refractivity contribution in [3.63, 3.8) is 0 Å². The molecule has 8 nitrogen and oxygen atoms in total. The predicted octanol–water partition coefficient (Wildman–Crippen LogP) is -0.113. The van der Waals surface area contributed by atoms with E-state index in [9.17, 15) is 9.59 Å². The minimum atomic E-state index is -0.737. The first-order valence-electron chi connectivity index (χ1n) is 5.52. The Bertz CT molecular complexity index is 248. The third-order valence-corrected chi connectivity index (χ3v) is 2.64. The van der Waals surface area contributed by atoms with Crippen molar-refractivity contribution in [2.75, 3.05) is 0 Å². The summed E-state index contributed by atoms with van der Waals surface area (Å²) >= 11 is 0. The van der Waals surface area contributed by atoms with E-state index in [0.717, 1.165) is 19.3 Å². The molecule has 98 valence electrons. The van der Waals surface area contributed by atoms with Gasteiger partial charge in [0, 0.05) is 0 Å². The maximum absolute atomic E-state index is 11.1. The van der Waals surface area contributed by atoms with Crippen LogP contribution in [-0.2, 0) is 9.47 Å². The average Bonchev–Trinajstić information content (AvgIpc) is 2.55. The molecule has 1 aliphatic carbocycles. The maximum Gasteiger partial charge on any atom is 0.421 e. The lowest BCUT2D eigenvalue weighted by Crippen LogP contribution is -2.42. The van der Waals surface area contributed by atoms with Crippen molar-refractivity contribution >= 4 is 12.2 Å². The molecule has 0 aromatic carbocycles. The highest BCUT2D eigenvalue weighted by Crippen LogP contribution is 2.23. The fraction of sp³-hybridized carbons (Fsp3) is 0.778. The molecular weight excluding hydrogens is 228 g/mol. The topological polar surface area (TPSA) is 129 Å². The standard InChI is InChI=1S/C9H18N4O4/c10-12-8(14)16-6-4-2-1-3-5-7(6)17-9(15)13-11/h6-7H,1-5,10-11H2,(H,12,14)(H,13,15). The Morgan fingerprint density at radius 3 is 1.65 bits per heavy atom. The summed E-state index contributed by atoms with van der Waals surface area (Å²) in [5, 5.41) is 0. The molecule has 0 aromatic rings. The van der Waals surface area contributed by atoms with E-state index in [-0.39, 0.29) is 0 Å². The van der Waals surface area contributed by atoms with Gasteiger partial charge in [0.15, 0.2) is 0 Å². The van der Waals surface area contributed by atoms with Crippen molar-refractivity contribution in [3.05, 3.63) is 0 Å². The molecule has 8 heteroatoms. The highest BCUT2D eigenvalue weighted by Gasteiger charge is 2.29. The molecule has 17 heavy (non-hydrogen) atoms. The number of hydrogen-bond donors (Lipinski definition) is 4. The van der Waals surface area contributed by atoms with Crippen LogP contribution >= 0.6 is 0 Å². The van der Waals surface area contributed by atoms with Gasteiger partial charge in [0.05, 0.1) is 0 Å². The molecule has 0 radical (unpaired) electrons. The van der Waals surface area contributed by atoms with E-state index in [0.29, 0.717) is 12.8 Å². The molecule has 2 amide bonds. The number of hydrogen-bond acceptors (Lipinski definition) is 6. The molecule has 0 aliphatic heterocycles. The Kier molecular flexibility index (Phi) is 5.50. The van der Waals surface area contributed by atoms with Crippen LogP contribution in [-0.4, -0.2) is 24.4 Å². The number of nitrogens with two attached hydrogens (primary N) is 2. The molecule has 0 aromatic heterocycles. The molecule has 0 spiro atoms. The zero-order valence-corrected chi connectivity index (χ0v) is 9.48. The Balaban J connectivity index is 2.58. The van der Waals surface area contributed by atoms with Crippen LogP contribution in [0, 0.1) is 0 Å². The second-order valence-electron chi connectivity index (χ2n) is 3.81. The summed E-state index contributed by atoms with van der Waals surface area (Å²) < 4.78 is 10.1. The van der Waals surface area contributed by atoms with Crippen molar-refractivity contribution in [1.29, 1.82) is 0 Å². The third-order valence-electron chi connectivity index (χ3n) is 2.64. The second kappa shape index (κ2) is 6.92. The maximum atomic E-state index is 11.1. The quantitative estimate of drug-likeness (QED) is 0.233. The van der Waals surface area contributed by atoms with Crippen molar-refractivity contribution in [2.24, 2.45) is 11.7 Å². The SMILES string of the molecule is NNC(=O)OC1CCCCCC1OC(=O)NN. The van der Waals surface area contributed by atoms with Crippen molar-refractivity contribution in [3.8, 4) is 0 Å². The smallest absolute Gasteiger partial charge is 0.421 e. The van der Waals surface area contributed by atoms with Gasteiger partial charge in [0.1, 0.15) is 12.2 Å². The fourth-order valence-electron chi connectivity index (χ4n) is 1.85. The largest absolute Gasteiger partial charge is 0.441 e. The van der Waals surface area contributed by atoms with E-state index in [1.165, 1.54) is 0 Å². The fourth-order valence-corrected chi connectivity index (χ4v) is 1.85. The van der Waals surface area contributed by atoms with E-state index in [1.807, 2.05) is 10.9 Å². The van der Waals surface area contributed by atoms with Crippen LogP contribution in [0.1, 0.15) is 32.1 Å². The van der Waals surface area contributed by atoms with Gasteiger partial charge in [-0.15, -0.1) is 0 Å². The molecule has 6 N–H and O–H groups in total. The lowest BCUT2D eigenvalue weighted by molar-refractivity contribution is -0.0123. The lowest BCUT2D eigenvalue weighted by atomic mass is 10.1. The van der Waals surface area contributed by atoms with Crippen molar-refractivity contribution in [2.45, 2.75) is 44.3 Å². The van der Waals surface area contributed by atoms with Gasteiger partial charge in [-0.25, -0.2) is 21.3 Å². The number of hydrazine groups is 2. The molecule has 0 saturated heterocycles. The highest BCUT2D eigenvalue weighted by molar-refractivity contribution is 5.67. The lowest BCUT2D eigenvalue weighted by Gasteiger charge is -2.24. The molecule has 2 unspecified atom stereocenters. The summed E-state index contributed by atoms with van der Waals surface area (Å²) in [4.78, 5) is 22.1. The predicted molar refractivity (Wildman–Crippen MR) is 58.3 cm³/mol. The van der Waals surface area contributed by atoms with Gasteiger partial charge in [-0.1, -0.05) is 6.42 Å². The van der Waals surface area contributed by atoms with Crippen LogP contribution < -0.4 is 22.5 Å². The van der Waals surface area contributed by atoms with Crippen LogP contribution in [0.4, 0.5) is 9.59 Å².